The average molecular weight is 142 g/mol. The van der Waals surface area contributed by atoms with Crippen LogP contribution in [0.5, 0.6) is 0 Å². The van der Waals surface area contributed by atoms with Crippen molar-refractivity contribution >= 4 is 13.1 Å². The van der Waals surface area contributed by atoms with Crippen LogP contribution >= 0.6 is 0 Å². The van der Waals surface area contributed by atoms with E-state index in [0.29, 0.717) is 0 Å². The molecule has 4 nitrogen and oxygen atoms in total. The number of nitrogens with two attached hydrogens (primary N) is 1. The Morgan fingerprint density at radius 2 is 2.00 bits per heavy atom. The first-order chi connectivity index (χ1) is 4.52. The van der Waals surface area contributed by atoms with Gasteiger partial charge in [0.2, 0.25) is 0 Å². The Morgan fingerprint density at radius 1 is 1.50 bits per heavy atom. The Hall–Kier alpha value is -1.06. The van der Waals surface area contributed by atoms with Gasteiger partial charge >= 0.3 is 0 Å². The maximum atomic E-state index is 4.94. The van der Waals surface area contributed by atoms with Crippen LogP contribution in [-0.2, 0) is 0 Å². The van der Waals surface area contributed by atoms with Crippen molar-refractivity contribution in [2.24, 2.45) is 16.0 Å². The van der Waals surface area contributed by atoms with Gasteiger partial charge in [-0.2, -0.15) is 10.2 Å². The summed E-state index contributed by atoms with van der Waals surface area (Å²) in [6.45, 7) is 9.34. The van der Waals surface area contributed by atoms with Gasteiger partial charge in [-0.3, -0.25) is 0 Å². The third-order valence-electron chi connectivity index (χ3n) is 1.02. The van der Waals surface area contributed by atoms with E-state index in [1.54, 1.807) is 5.01 Å². The number of hydrogen-bond donors (Lipinski definition) is 1. The summed E-state index contributed by atoms with van der Waals surface area (Å²) in [5, 5.41) is 8.63. The highest BCUT2D eigenvalue weighted by atomic mass is 15.5. The Kier molecular flexibility index (Phi) is 2.86. The maximum absolute atomic E-state index is 4.94. The lowest BCUT2D eigenvalue weighted by Crippen LogP contribution is -2.36. The first-order valence-corrected chi connectivity index (χ1v) is 3.01. The van der Waals surface area contributed by atoms with Crippen LogP contribution in [0.1, 0.15) is 20.8 Å². The van der Waals surface area contributed by atoms with Crippen LogP contribution in [0.25, 0.3) is 0 Å². The van der Waals surface area contributed by atoms with Gasteiger partial charge in [-0.25, -0.2) is 5.01 Å². The second-order valence-corrected chi connectivity index (χ2v) is 2.92. The molecule has 0 spiro atoms. The largest absolute Gasteiger partial charge is 0.322 e. The molecule has 0 bridgehead atoms. The fraction of sp³-hybridized carbons (Fsp3) is 0.667. The Morgan fingerprint density at radius 3 is 2.10 bits per heavy atom. The second-order valence-electron chi connectivity index (χ2n) is 2.92. The van der Waals surface area contributed by atoms with Gasteiger partial charge in [-0.05, 0) is 20.8 Å². The van der Waals surface area contributed by atoms with E-state index in [9.17, 15) is 0 Å². The highest BCUT2D eigenvalue weighted by Gasteiger charge is 2.16. The lowest BCUT2D eigenvalue weighted by atomic mass is 10.1. The van der Waals surface area contributed by atoms with E-state index in [1.807, 2.05) is 20.8 Å². The van der Waals surface area contributed by atoms with Gasteiger partial charge < -0.3 is 5.84 Å². The molecular weight excluding hydrogens is 128 g/mol. The summed E-state index contributed by atoms with van der Waals surface area (Å²) in [6, 6.07) is 0. The zero-order valence-electron chi connectivity index (χ0n) is 6.70. The zero-order valence-corrected chi connectivity index (χ0v) is 6.70. The molecule has 0 saturated heterocycles. The molecule has 10 heavy (non-hydrogen) atoms. The highest BCUT2D eigenvalue weighted by molar-refractivity contribution is 5.55. The lowest BCUT2D eigenvalue weighted by molar-refractivity contribution is 0.256. The van der Waals surface area contributed by atoms with E-state index in [-0.39, 0.29) is 5.54 Å². The Labute approximate surface area is 61.4 Å². The standard InChI is InChI=1S/C6H14N4/c1-6(2,3)10(8-4)5-9-7/h5H,4,7H2,1-3H3/b9-5-. The van der Waals surface area contributed by atoms with Gasteiger partial charge in [0, 0.05) is 6.72 Å². The fourth-order valence-electron chi connectivity index (χ4n) is 0.485. The van der Waals surface area contributed by atoms with Crippen molar-refractivity contribution in [1.29, 1.82) is 0 Å². The van der Waals surface area contributed by atoms with Crippen molar-refractivity contribution in [3.8, 4) is 0 Å². The normalized spacial score (nSPS) is 11.9. The number of nitrogens with zero attached hydrogens (tertiary/aromatic N) is 3. The van der Waals surface area contributed by atoms with Gasteiger partial charge in [0.25, 0.3) is 0 Å². The van der Waals surface area contributed by atoms with Crippen LogP contribution in [0.4, 0.5) is 0 Å². The van der Waals surface area contributed by atoms with Crippen molar-refractivity contribution in [2.75, 3.05) is 0 Å². The van der Waals surface area contributed by atoms with Crippen LogP contribution in [0.2, 0.25) is 0 Å². The molecule has 0 amide bonds. The number of hydrazone groups is 2. The third-order valence-corrected chi connectivity index (χ3v) is 1.02. The molecule has 0 radical (unpaired) electrons. The molecule has 2 N–H and O–H groups in total. The van der Waals surface area contributed by atoms with Gasteiger partial charge in [0.1, 0.15) is 6.34 Å². The van der Waals surface area contributed by atoms with Crippen LogP contribution in [0, 0.1) is 0 Å². The monoisotopic (exact) mass is 142 g/mol. The van der Waals surface area contributed by atoms with Crippen molar-refractivity contribution in [1.82, 2.24) is 5.01 Å². The molecule has 58 valence electrons. The summed E-state index contributed by atoms with van der Waals surface area (Å²) in [6.07, 6.45) is 1.44. The van der Waals surface area contributed by atoms with Crippen LogP contribution in [0.15, 0.2) is 10.2 Å². The molecule has 0 heterocycles. The maximum Gasteiger partial charge on any atom is 0.132 e. The summed E-state index contributed by atoms with van der Waals surface area (Å²) in [5.74, 6) is 4.94. The summed E-state index contributed by atoms with van der Waals surface area (Å²) in [5.41, 5.74) is -0.107. The van der Waals surface area contributed by atoms with Crippen LogP contribution in [0.3, 0.4) is 0 Å². The molecule has 0 saturated carbocycles. The van der Waals surface area contributed by atoms with Crippen molar-refractivity contribution in [3.05, 3.63) is 0 Å². The molecule has 0 rings (SSSR count). The van der Waals surface area contributed by atoms with E-state index in [1.165, 1.54) is 6.34 Å². The van der Waals surface area contributed by atoms with E-state index >= 15 is 0 Å². The summed E-state index contributed by atoms with van der Waals surface area (Å²) in [4.78, 5) is 0. The first kappa shape index (κ1) is 8.94. The van der Waals surface area contributed by atoms with Gasteiger partial charge in [-0.15, -0.1) is 0 Å². The zero-order chi connectivity index (χ0) is 8.20. The topological polar surface area (TPSA) is 54.0 Å². The molecule has 0 aliphatic rings. The molecule has 0 atom stereocenters. The van der Waals surface area contributed by atoms with Gasteiger partial charge in [0.15, 0.2) is 0 Å². The summed E-state index contributed by atoms with van der Waals surface area (Å²) < 4.78 is 0. The molecule has 0 aromatic heterocycles. The molecule has 0 fully saturated rings. The molecule has 0 aromatic rings. The summed E-state index contributed by atoms with van der Waals surface area (Å²) >= 11 is 0. The van der Waals surface area contributed by atoms with E-state index in [4.69, 9.17) is 5.84 Å². The predicted octanol–water partition coefficient (Wildman–Crippen LogP) is 0.604. The molecule has 0 aliphatic carbocycles. The predicted molar refractivity (Wildman–Crippen MR) is 43.8 cm³/mol. The van der Waals surface area contributed by atoms with Crippen molar-refractivity contribution in [3.63, 3.8) is 0 Å². The third kappa shape index (κ3) is 2.48. The Bertz CT molecular complexity index is 133. The van der Waals surface area contributed by atoms with Gasteiger partial charge in [-0.1, -0.05) is 0 Å². The summed E-state index contributed by atoms with van der Waals surface area (Å²) in [7, 11) is 0. The smallest absolute Gasteiger partial charge is 0.132 e. The quantitative estimate of drug-likeness (QED) is 0.266. The van der Waals surface area contributed by atoms with Crippen LogP contribution in [-0.4, -0.2) is 23.6 Å². The molecular formula is C6H14N4. The number of hydrogen-bond acceptors (Lipinski definition) is 3. The van der Waals surface area contributed by atoms with Crippen molar-refractivity contribution in [2.45, 2.75) is 26.3 Å². The van der Waals surface area contributed by atoms with E-state index < -0.39 is 0 Å². The fourth-order valence-corrected chi connectivity index (χ4v) is 0.485. The van der Waals surface area contributed by atoms with E-state index in [2.05, 4.69) is 16.9 Å². The molecule has 4 heteroatoms. The molecule has 0 unspecified atom stereocenters. The van der Waals surface area contributed by atoms with Gasteiger partial charge in [0.05, 0.1) is 5.54 Å². The minimum absolute atomic E-state index is 0.107. The van der Waals surface area contributed by atoms with Crippen molar-refractivity contribution < 1.29 is 0 Å². The minimum atomic E-state index is -0.107. The minimum Gasteiger partial charge on any atom is -0.322 e. The highest BCUT2D eigenvalue weighted by Crippen LogP contribution is 2.09. The SMILES string of the molecule is C=NN(/C=N\N)C(C)(C)C. The lowest BCUT2D eigenvalue weighted by Gasteiger charge is -2.27. The Balaban J connectivity index is 4.21. The van der Waals surface area contributed by atoms with E-state index in [0.717, 1.165) is 0 Å². The van der Waals surface area contributed by atoms with Crippen LogP contribution < -0.4 is 5.84 Å². The number of rotatable bonds is 2. The second kappa shape index (κ2) is 3.20. The molecule has 0 aliphatic heterocycles. The first-order valence-electron chi connectivity index (χ1n) is 3.01. The average Bonchev–Trinajstić information content (AvgIpc) is 1.80. The molecule has 0 aromatic carbocycles.